The Morgan fingerprint density at radius 2 is 1.59 bits per heavy atom. The van der Waals surface area contributed by atoms with E-state index in [4.69, 9.17) is 9.47 Å². The van der Waals surface area contributed by atoms with Gasteiger partial charge in [0.1, 0.15) is 6.04 Å². The van der Waals surface area contributed by atoms with Crippen LogP contribution in [0.25, 0.3) is 0 Å². The molecular formula is C25H33N3O5S. The molecule has 2 aliphatic rings. The Labute approximate surface area is 201 Å². The van der Waals surface area contributed by atoms with Gasteiger partial charge in [-0.2, -0.15) is 0 Å². The number of rotatable bonds is 7. The number of hydrogen-bond donors (Lipinski definition) is 2. The first-order chi connectivity index (χ1) is 16.3. The van der Waals surface area contributed by atoms with Crippen LogP contribution in [0.15, 0.2) is 47.4 Å². The molecule has 0 bridgehead atoms. The summed E-state index contributed by atoms with van der Waals surface area (Å²) in [4.78, 5) is 14.8. The molecule has 1 atom stereocenters. The van der Waals surface area contributed by atoms with Gasteiger partial charge in [-0.3, -0.25) is 9.52 Å². The molecule has 0 aromatic heterocycles. The molecule has 0 radical (unpaired) electrons. The predicted octanol–water partition coefficient (Wildman–Crippen LogP) is 4.24. The zero-order chi connectivity index (χ0) is 24.1. The van der Waals surface area contributed by atoms with Crippen LogP contribution >= 0.6 is 0 Å². The Balaban J connectivity index is 1.37. The van der Waals surface area contributed by atoms with Crippen molar-refractivity contribution >= 4 is 27.3 Å². The van der Waals surface area contributed by atoms with Crippen molar-refractivity contribution in [3.8, 4) is 11.5 Å². The summed E-state index contributed by atoms with van der Waals surface area (Å²) in [5.41, 5.74) is 1.17. The summed E-state index contributed by atoms with van der Waals surface area (Å²) in [6.07, 6.45) is 6.47. The lowest BCUT2D eigenvalue weighted by Gasteiger charge is -2.33. The molecule has 2 N–H and O–H groups in total. The standard InChI is InChI=1S/C25H33N3O5S/c1-18(25(29)28(2)21-7-4-3-5-8-21)26-19-9-11-20(12-10-19)27-34(30,31)22-13-14-23-24(17-22)33-16-6-15-32-23/h9-14,17-18,21,26-27H,3-8,15-16H2,1-2H3/t18-/m0/s1. The van der Waals surface area contributed by atoms with E-state index in [1.54, 1.807) is 30.3 Å². The summed E-state index contributed by atoms with van der Waals surface area (Å²) in [5, 5.41) is 3.22. The molecular weight excluding hydrogens is 454 g/mol. The first-order valence-corrected chi connectivity index (χ1v) is 13.4. The lowest BCUT2D eigenvalue weighted by Crippen LogP contribution is -2.45. The smallest absolute Gasteiger partial charge is 0.262 e. The van der Waals surface area contributed by atoms with Crippen LogP contribution in [0.2, 0.25) is 0 Å². The Hall–Kier alpha value is -2.94. The highest BCUT2D eigenvalue weighted by Gasteiger charge is 2.25. The van der Waals surface area contributed by atoms with Crippen molar-refractivity contribution in [3.05, 3.63) is 42.5 Å². The second-order valence-corrected chi connectivity index (χ2v) is 10.6. The summed E-state index contributed by atoms with van der Waals surface area (Å²) >= 11 is 0. The van der Waals surface area contributed by atoms with Crippen LogP contribution in [0, 0.1) is 0 Å². The summed E-state index contributed by atoms with van der Waals surface area (Å²) in [5.74, 6) is 1.03. The third kappa shape index (κ3) is 5.75. The molecule has 1 aliphatic carbocycles. The number of fused-ring (bicyclic) bond motifs is 1. The van der Waals surface area contributed by atoms with Gasteiger partial charge in [-0.25, -0.2) is 8.42 Å². The van der Waals surface area contributed by atoms with Crippen molar-refractivity contribution in [2.75, 3.05) is 30.3 Å². The normalized spacial score (nSPS) is 17.4. The van der Waals surface area contributed by atoms with Gasteiger partial charge >= 0.3 is 0 Å². The quantitative estimate of drug-likeness (QED) is 0.606. The topological polar surface area (TPSA) is 97.0 Å². The number of nitrogens with zero attached hydrogens (tertiary/aromatic N) is 1. The van der Waals surface area contributed by atoms with E-state index in [0.717, 1.165) is 24.9 Å². The van der Waals surface area contributed by atoms with Crippen LogP contribution in [0.4, 0.5) is 11.4 Å². The monoisotopic (exact) mass is 487 g/mol. The molecule has 34 heavy (non-hydrogen) atoms. The van der Waals surface area contributed by atoms with Crippen molar-refractivity contribution in [1.29, 1.82) is 0 Å². The summed E-state index contributed by atoms with van der Waals surface area (Å²) < 4.78 is 39.5. The van der Waals surface area contributed by atoms with Crippen LogP contribution in [0.5, 0.6) is 11.5 Å². The lowest BCUT2D eigenvalue weighted by atomic mass is 9.94. The van der Waals surface area contributed by atoms with E-state index in [1.165, 1.54) is 31.4 Å². The zero-order valence-electron chi connectivity index (χ0n) is 19.7. The van der Waals surface area contributed by atoms with Crippen molar-refractivity contribution in [1.82, 2.24) is 4.90 Å². The van der Waals surface area contributed by atoms with E-state index in [9.17, 15) is 13.2 Å². The van der Waals surface area contributed by atoms with Crippen LogP contribution in [0.3, 0.4) is 0 Å². The number of hydrogen-bond acceptors (Lipinski definition) is 6. The average Bonchev–Trinajstić information content (AvgIpc) is 3.09. The molecule has 2 aromatic rings. The SMILES string of the molecule is C[C@H](Nc1ccc(NS(=O)(=O)c2ccc3c(c2)OCCCO3)cc1)C(=O)N(C)C1CCCCC1. The van der Waals surface area contributed by atoms with E-state index in [2.05, 4.69) is 10.0 Å². The summed E-state index contributed by atoms with van der Waals surface area (Å²) in [6.45, 7) is 2.87. The molecule has 0 spiro atoms. The molecule has 1 heterocycles. The molecule has 1 saturated carbocycles. The van der Waals surface area contributed by atoms with Crippen LogP contribution in [0.1, 0.15) is 45.4 Å². The second kappa shape index (κ2) is 10.5. The minimum atomic E-state index is -3.80. The van der Waals surface area contributed by atoms with Crippen LogP contribution < -0.4 is 19.5 Å². The third-order valence-corrected chi connectivity index (χ3v) is 7.77. The van der Waals surface area contributed by atoms with Gasteiger partial charge in [0.05, 0.1) is 18.1 Å². The van der Waals surface area contributed by atoms with E-state index in [1.807, 2.05) is 18.9 Å². The van der Waals surface area contributed by atoms with Crippen LogP contribution in [-0.4, -0.2) is 51.6 Å². The van der Waals surface area contributed by atoms with Gasteiger partial charge in [0.15, 0.2) is 11.5 Å². The van der Waals surface area contributed by atoms with Crippen molar-refractivity contribution in [2.45, 2.75) is 62.4 Å². The Kier molecular flexibility index (Phi) is 7.50. The number of anilines is 2. The number of ether oxygens (including phenoxy) is 2. The molecule has 0 saturated heterocycles. The molecule has 4 rings (SSSR count). The first kappa shape index (κ1) is 24.2. The fraction of sp³-hybridized carbons (Fsp3) is 0.480. The third-order valence-electron chi connectivity index (χ3n) is 6.39. The summed E-state index contributed by atoms with van der Waals surface area (Å²) in [6, 6.07) is 11.4. The maximum absolute atomic E-state index is 12.9. The molecule has 2 aromatic carbocycles. The largest absolute Gasteiger partial charge is 0.490 e. The lowest BCUT2D eigenvalue weighted by molar-refractivity contribution is -0.133. The van der Waals surface area contributed by atoms with Gasteiger partial charge in [-0.15, -0.1) is 0 Å². The predicted molar refractivity (Wildman–Crippen MR) is 132 cm³/mol. The van der Waals surface area contributed by atoms with Crippen molar-refractivity contribution < 1.29 is 22.7 Å². The number of likely N-dealkylation sites (N-methyl/N-ethyl adjacent to an activating group) is 1. The van der Waals surface area contributed by atoms with Gasteiger partial charge in [0.2, 0.25) is 5.91 Å². The molecule has 9 heteroatoms. The van der Waals surface area contributed by atoms with Gasteiger partial charge < -0.3 is 19.7 Å². The van der Waals surface area contributed by atoms with Crippen LogP contribution in [-0.2, 0) is 14.8 Å². The van der Waals surface area contributed by atoms with Gasteiger partial charge in [0, 0.05) is 37.0 Å². The fourth-order valence-corrected chi connectivity index (χ4v) is 5.50. The molecule has 1 amide bonds. The number of carbonyl (C=O) groups excluding carboxylic acids is 1. The first-order valence-electron chi connectivity index (χ1n) is 11.9. The maximum atomic E-state index is 12.9. The second-order valence-electron chi connectivity index (χ2n) is 8.95. The van der Waals surface area contributed by atoms with E-state index >= 15 is 0 Å². The number of sulfonamides is 1. The molecule has 1 fully saturated rings. The Morgan fingerprint density at radius 1 is 0.941 bits per heavy atom. The van der Waals surface area contributed by atoms with Crippen molar-refractivity contribution in [3.63, 3.8) is 0 Å². The highest BCUT2D eigenvalue weighted by Crippen LogP contribution is 2.32. The van der Waals surface area contributed by atoms with Gasteiger partial charge in [0.25, 0.3) is 10.0 Å². The molecule has 8 nitrogen and oxygen atoms in total. The zero-order valence-corrected chi connectivity index (χ0v) is 20.6. The maximum Gasteiger partial charge on any atom is 0.262 e. The Morgan fingerprint density at radius 3 is 2.29 bits per heavy atom. The highest BCUT2D eigenvalue weighted by atomic mass is 32.2. The molecule has 184 valence electrons. The van der Waals surface area contributed by atoms with Crippen molar-refractivity contribution in [2.24, 2.45) is 0 Å². The van der Waals surface area contributed by atoms with E-state index in [-0.39, 0.29) is 16.8 Å². The number of nitrogens with one attached hydrogen (secondary N) is 2. The van der Waals surface area contributed by atoms with Gasteiger partial charge in [-0.1, -0.05) is 19.3 Å². The minimum Gasteiger partial charge on any atom is -0.490 e. The minimum absolute atomic E-state index is 0.0612. The van der Waals surface area contributed by atoms with E-state index < -0.39 is 10.0 Å². The molecule has 1 aliphatic heterocycles. The molecule has 0 unspecified atom stereocenters. The number of carbonyl (C=O) groups is 1. The number of amides is 1. The van der Waals surface area contributed by atoms with E-state index in [0.29, 0.717) is 36.4 Å². The number of benzene rings is 2. The fourth-order valence-electron chi connectivity index (χ4n) is 4.42. The highest BCUT2D eigenvalue weighted by molar-refractivity contribution is 7.92. The average molecular weight is 488 g/mol. The Bertz CT molecular complexity index is 1100. The van der Waals surface area contributed by atoms with Gasteiger partial charge in [-0.05, 0) is 56.2 Å². The summed E-state index contributed by atoms with van der Waals surface area (Å²) in [7, 11) is -1.92.